The van der Waals surface area contributed by atoms with Crippen LogP contribution < -0.4 is 10.6 Å². The molecule has 0 radical (unpaired) electrons. The van der Waals surface area contributed by atoms with Crippen LogP contribution in [0.25, 0.3) is 0 Å². The Kier molecular flexibility index (Phi) is 3.33. The van der Waals surface area contributed by atoms with Gasteiger partial charge in [0, 0.05) is 12.1 Å². The van der Waals surface area contributed by atoms with Gasteiger partial charge in [-0.1, -0.05) is 38.2 Å². The maximum Gasteiger partial charge on any atom is 0.0110 e. The van der Waals surface area contributed by atoms with Crippen LogP contribution in [0.5, 0.6) is 0 Å². The minimum Gasteiger partial charge on any atom is -0.317 e. The first-order valence-corrected chi connectivity index (χ1v) is 7.53. The third kappa shape index (κ3) is 2.28. The average Bonchev–Trinajstić information content (AvgIpc) is 3.14. The van der Waals surface area contributed by atoms with E-state index in [9.17, 15) is 0 Å². The predicted octanol–water partition coefficient (Wildman–Crippen LogP) is 2.48. The number of hydrogen-bond acceptors (Lipinski definition) is 2. The van der Waals surface area contributed by atoms with Crippen LogP contribution in [0, 0.1) is 17.3 Å². The molecule has 1 saturated carbocycles. The van der Waals surface area contributed by atoms with Crippen molar-refractivity contribution in [1.29, 1.82) is 0 Å². The summed E-state index contributed by atoms with van der Waals surface area (Å²) in [7, 11) is 0. The van der Waals surface area contributed by atoms with Crippen molar-refractivity contribution in [3.05, 3.63) is 24.3 Å². The van der Waals surface area contributed by atoms with E-state index in [0.717, 1.165) is 18.0 Å². The van der Waals surface area contributed by atoms with Gasteiger partial charge in [-0.05, 0) is 49.6 Å². The van der Waals surface area contributed by atoms with Gasteiger partial charge in [0.05, 0.1) is 0 Å². The Labute approximate surface area is 111 Å². The fourth-order valence-corrected chi connectivity index (χ4v) is 3.67. The van der Waals surface area contributed by atoms with Gasteiger partial charge < -0.3 is 10.6 Å². The summed E-state index contributed by atoms with van der Waals surface area (Å²) in [6, 6.07) is 1.51. The molecule has 0 amide bonds. The van der Waals surface area contributed by atoms with Crippen LogP contribution in [0.2, 0.25) is 0 Å². The highest BCUT2D eigenvalue weighted by Crippen LogP contribution is 2.52. The molecule has 0 aromatic carbocycles. The molecule has 100 valence electrons. The van der Waals surface area contributed by atoms with Crippen LogP contribution in [0.15, 0.2) is 24.3 Å². The Balaban J connectivity index is 1.56. The summed E-state index contributed by atoms with van der Waals surface area (Å²) in [4.78, 5) is 0. The van der Waals surface area contributed by atoms with E-state index in [2.05, 4.69) is 48.8 Å². The van der Waals surface area contributed by atoms with E-state index in [1.807, 2.05) is 0 Å². The van der Waals surface area contributed by atoms with Crippen molar-refractivity contribution < 1.29 is 0 Å². The number of allylic oxidation sites excluding steroid dienone is 4. The van der Waals surface area contributed by atoms with Crippen LogP contribution in [0.1, 0.15) is 33.1 Å². The van der Waals surface area contributed by atoms with Crippen molar-refractivity contribution >= 4 is 0 Å². The lowest BCUT2D eigenvalue weighted by atomic mass is 9.71. The van der Waals surface area contributed by atoms with Crippen LogP contribution in [0.4, 0.5) is 0 Å². The summed E-state index contributed by atoms with van der Waals surface area (Å²) in [5.41, 5.74) is 0.374. The summed E-state index contributed by atoms with van der Waals surface area (Å²) in [6.07, 6.45) is 13.2. The molecule has 2 fully saturated rings. The maximum absolute atomic E-state index is 3.89. The van der Waals surface area contributed by atoms with Gasteiger partial charge >= 0.3 is 0 Å². The van der Waals surface area contributed by atoms with Crippen molar-refractivity contribution in [3.63, 3.8) is 0 Å². The zero-order valence-corrected chi connectivity index (χ0v) is 11.7. The van der Waals surface area contributed by atoms with Crippen LogP contribution in [-0.4, -0.2) is 25.2 Å². The summed E-state index contributed by atoms with van der Waals surface area (Å²) in [6.45, 7) is 7.17. The normalized spacial score (nSPS) is 44.2. The molecule has 2 heteroatoms. The van der Waals surface area contributed by atoms with Crippen molar-refractivity contribution in [2.75, 3.05) is 13.1 Å². The van der Waals surface area contributed by atoms with E-state index in [-0.39, 0.29) is 0 Å². The molecule has 2 aliphatic carbocycles. The Hall–Kier alpha value is -0.600. The van der Waals surface area contributed by atoms with E-state index < -0.39 is 0 Å². The molecule has 1 aliphatic heterocycles. The summed E-state index contributed by atoms with van der Waals surface area (Å²) >= 11 is 0. The Morgan fingerprint density at radius 2 is 2.00 bits per heavy atom. The molecule has 2 N–H and O–H groups in total. The molecule has 3 rings (SSSR count). The third-order valence-electron chi connectivity index (χ3n) is 5.33. The van der Waals surface area contributed by atoms with Gasteiger partial charge in [0.2, 0.25) is 0 Å². The van der Waals surface area contributed by atoms with E-state index in [1.54, 1.807) is 0 Å². The van der Waals surface area contributed by atoms with Crippen LogP contribution in [0.3, 0.4) is 0 Å². The van der Waals surface area contributed by atoms with E-state index >= 15 is 0 Å². The topological polar surface area (TPSA) is 24.1 Å². The molecule has 4 unspecified atom stereocenters. The summed E-state index contributed by atoms with van der Waals surface area (Å²) in [5, 5.41) is 7.33. The molecule has 0 spiro atoms. The van der Waals surface area contributed by atoms with Crippen LogP contribution in [-0.2, 0) is 0 Å². The van der Waals surface area contributed by atoms with Gasteiger partial charge in [0.15, 0.2) is 0 Å². The number of rotatable bonds is 3. The molecular weight excluding hydrogens is 220 g/mol. The lowest BCUT2D eigenvalue weighted by molar-refractivity contribution is 0.258. The minimum absolute atomic E-state index is 0.374. The third-order valence-corrected chi connectivity index (χ3v) is 5.33. The van der Waals surface area contributed by atoms with Gasteiger partial charge in [-0.15, -0.1) is 0 Å². The largest absolute Gasteiger partial charge is 0.317 e. The fraction of sp³-hybridized carbons (Fsp3) is 0.750. The molecule has 0 aromatic rings. The highest BCUT2D eigenvalue weighted by molar-refractivity contribution is 5.23. The number of nitrogens with one attached hydrogen (secondary N) is 2. The minimum atomic E-state index is 0.374. The van der Waals surface area contributed by atoms with E-state index in [4.69, 9.17) is 0 Å². The van der Waals surface area contributed by atoms with Gasteiger partial charge in [-0.2, -0.15) is 0 Å². The molecule has 0 bridgehead atoms. The quantitative estimate of drug-likeness (QED) is 0.799. The van der Waals surface area contributed by atoms with Crippen molar-refractivity contribution in [2.24, 2.45) is 17.3 Å². The standard InChI is InChI=1S/C16H26N2/c1-12-5-3-4-8-16(12,2)14-11-15(14)18-13-6-9-17-10-7-13/h3-5,8,12-15,17-18H,6-7,9-11H2,1-2H3. The molecule has 0 aromatic heterocycles. The van der Waals surface area contributed by atoms with Crippen molar-refractivity contribution in [1.82, 2.24) is 10.6 Å². The SMILES string of the molecule is CC1C=CC=CC1(C)C1CC1NC1CCNCC1. The lowest BCUT2D eigenvalue weighted by Crippen LogP contribution is -2.42. The molecule has 3 aliphatic rings. The summed E-state index contributed by atoms with van der Waals surface area (Å²) in [5.74, 6) is 1.51. The Morgan fingerprint density at radius 3 is 2.72 bits per heavy atom. The summed E-state index contributed by atoms with van der Waals surface area (Å²) < 4.78 is 0. The second-order valence-electron chi connectivity index (χ2n) is 6.54. The van der Waals surface area contributed by atoms with Gasteiger partial charge in [0.25, 0.3) is 0 Å². The van der Waals surface area contributed by atoms with Crippen molar-refractivity contribution in [2.45, 2.75) is 45.2 Å². The average molecular weight is 246 g/mol. The van der Waals surface area contributed by atoms with Gasteiger partial charge in [0.1, 0.15) is 0 Å². The predicted molar refractivity (Wildman–Crippen MR) is 76.5 cm³/mol. The monoisotopic (exact) mass is 246 g/mol. The molecule has 2 nitrogen and oxygen atoms in total. The first kappa shape index (κ1) is 12.4. The first-order chi connectivity index (χ1) is 8.70. The second kappa shape index (κ2) is 4.82. The van der Waals surface area contributed by atoms with Gasteiger partial charge in [-0.25, -0.2) is 0 Å². The number of piperidine rings is 1. The zero-order chi connectivity index (χ0) is 12.6. The molecule has 18 heavy (non-hydrogen) atoms. The Morgan fingerprint density at radius 1 is 1.22 bits per heavy atom. The number of hydrogen-bond donors (Lipinski definition) is 2. The highest BCUT2D eigenvalue weighted by atomic mass is 15.0. The molecule has 1 saturated heterocycles. The first-order valence-electron chi connectivity index (χ1n) is 7.53. The second-order valence-corrected chi connectivity index (χ2v) is 6.54. The highest BCUT2D eigenvalue weighted by Gasteiger charge is 2.51. The fourth-order valence-electron chi connectivity index (χ4n) is 3.67. The smallest absolute Gasteiger partial charge is 0.0110 e. The van der Waals surface area contributed by atoms with Crippen LogP contribution >= 0.6 is 0 Å². The van der Waals surface area contributed by atoms with E-state index in [0.29, 0.717) is 11.3 Å². The molecular formula is C16H26N2. The lowest BCUT2D eigenvalue weighted by Gasteiger charge is -2.34. The molecule has 4 atom stereocenters. The van der Waals surface area contributed by atoms with Crippen molar-refractivity contribution in [3.8, 4) is 0 Å². The zero-order valence-electron chi connectivity index (χ0n) is 11.7. The van der Waals surface area contributed by atoms with Gasteiger partial charge in [-0.3, -0.25) is 0 Å². The Bertz CT molecular complexity index is 354. The van der Waals surface area contributed by atoms with E-state index in [1.165, 1.54) is 32.4 Å². The molecule has 1 heterocycles. The maximum atomic E-state index is 3.89.